The molecule has 5 nitrogen and oxygen atoms in total. The van der Waals surface area contributed by atoms with Crippen LogP contribution in [0.2, 0.25) is 0 Å². The number of halogens is 3. The Morgan fingerprint density at radius 1 is 1.40 bits per heavy atom. The number of nitrogens with one attached hydrogen (secondary N) is 2. The highest BCUT2D eigenvalue weighted by atomic mass is 19.4. The van der Waals surface area contributed by atoms with Crippen molar-refractivity contribution >= 4 is 5.69 Å². The molecule has 0 spiro atoms. The van der Waals surface area contributed by atoms with E-state index in [9.17, 15) is 13.2 Å². The van der Waals surface area contributed by atoms with Gasteiger partial charge in [0.25, 0.3) is 0 Å². The highest BCUT2D eigenvalue weighted by molar-refractivity contribution is 5.59. The lowest BCUT2D eigenvalue weighted by atomic mass is 10.1. The highest BCUT2D eigenvalue weighted by Crippen LogP contribution is 2.32. The number of nitrogens with zero attached hydrogens (tertiary/aromatic N) is 3. The van der Waals surface area contributed by atoms with Crippen molar-refractivity contribution in [3.8, 4) is 6.07 Å². The Bertz CT molecular complexity index is 628. The van der Waals surface area contributed by atoms with E-state index in [0.717, 1.165) is 12.1 Å². The summed E-state index contributed by atoms with van der Waals surface area (Å²) in [6.07, 6.45) is -3.15. The zero-order valence-corrected chi connectivity index (χ0v) is 10.4. The lowest BCUT2D eigenvalue weighted by Crippen LogP contribution is -2.11. The fourth-order valence-corrected chi connectivity index (χ4v) is 1.66. The molecule has 0 saturated carbocycles. The molecule has 8 heteroatoms. The molecule has 0 saturated heterocycles. The third kappa shape index (κ3) is 2.88. The molecule has 0 aliphatic carbocycles. The largest absolute Gasteiger partial charge is 0.416 e. The zero-order valence-electron chi connectivity index (χ0n) is 10.4. The predicted octanol–water partition coefficient (Wildman–Crippen LogP) is 2.87. The SMILES string of the molecule is CC(Nc1ccc(C(F)(F)F)cc1C#N)c1ncn[nH]1. The standard InChI is InChI=1S/C12H10F3N5/c1-7(11-17-6-18-20-11)19-10-3-2-9(12(13,14)15)4-8(10)5-16/h2-4,6-7,19H,1H3,(H,17,18,20). The molecule has 2 N–H and O–H groups in total. The first kappa shape index (κ1) is 13.9. The van der Waals surface area contributed by atoms with Gasteiger partial charge in [-0.15, -0.1) is 0 Å². The summed E-state index contributed by atoms with van der Waals surface area (Å²) in [5.74, 6) is 0.522. The molecule has 0 bridgehead atoms. The topological polar surface area (TPSA) is 77.4 Å². The summed E-state index contributed by atoms with van der Waals surface area (Å²) in [6, 6.07) is 4.40. The minimum absolute atomic E-state index is 0.0776. The van der Waals surface area contributed by atoms with Crippen LogP contribution >= 0.6 is 0 Å². The van der Waals surface area contributed by atoms with E-state index in [1.54, 1.807) is 13.0 Å². The second kappa shape index (κ2) is 5.21. The maximum atomic E-state index is 12.6. The maximum absolute atomic E-state index is 12.6. The van der Waals surface area contributed by atoms with E-state index in [1.165, 1.54) is 12.4 Å². The van der Waals surface area contributed by atoms with Crippen LogP contribution in [0.4, 0.5) is 18.9 Å². The molecule has 20 heavy (non-hydrogen) atoms. The Balaban J connectivity index is 2.27. The third-order valence-corrected chi connectivity index (χ3v) is 2.68. The van der Waals surface area contributed by atoms with Gasteiger partial charge in [-0.05, 0) is 25.1 Å². The van der Waals surface area contributed by atoms with Crippen LogP contribution in [0.3, 0.4) is 0 Å². The van der Waals surface area contributed by atoms with Crippen molar-refractivity contribution in [3.05, 3.63) is 41.5 Å². The van der Waals surface area contributed by atoms with Crippen molar-refractivity contribution in [1.29, 1.82) is 5.26 Å². The summed E-state index contributed by atoms with van der Waals surface area (Å²) in [6.45, 7) is 1.75. The molecule has 0 radical (unpaired) electrons. The van der Waals surface area contributed by atoms with Crippen molar-refractivity contribution in [2.24, 2.45) is 0 Å². The van der Waals surface area contributed by atoms with Gasteiger partial charge in [0.05, 0.1) is 22.9 Å². The summed E-state index contributed by atoms with van der Waals surface area (Å²) in [4.78, 5) is 3.93. The van der Waals surface area contributed by atoms with Gasteiger partial charge in [-0.25, -0.2) is 4.98 Å². The number of H-pyrrole nitrogens is 1. The summed E-state index contributed by atoms with van der Waals surface area (Å²) in [7, 11) is 0. The van der Waals surface area contributed by atoms with E-state index in [0.29, 0.717) is 11.5 Å². The molecule has 2 aromatic rings. The van der Waals surface area contributed by atoms with Gasteiger partial charge in [0.15, 0.2) is 0 Å². The molecular weight excluding hydrogens is 271 g/mol. The average molecular weight is 281 g/mol. The van der Waals surface area contributed by atoms with Crippen molar-refractivity contribution in [3.63, 3.8) is 0 Å². The summed E-state index contributed by atoms with van der Waals surface area (Å²) in [5, 5.41) is 18.2. The zero-order chi connectivity index (χ0) is 14.8. The number of alkyl halides is 3. The maximum Gasteiger partial charge on any atom is 0.416 e. The van der Waals surface area contributed by atoms with Crippen LogP contribution in [-0.4, -0.2) is 15.2 Å². The van der Waals surface area contributed by atoms with Crippen molar-refractivity contribution in [2.75, 3.05) is 5.32 Å². The number of anilines is 1. The molecule has 1 aromatic heterocycles. The molecule has 1 heterocycles. The molecule has 1 unspecified atom stereocenters. The van der Waals surface area contributed by atoms with Gasteiger partial charge in [0, 0.05) is 0 Å². The van der Waals surface area contributed by atoms with Gasteiger partial charge in [-0.2, -0.15) is 23.5 Å². The quantitative estimate of drug-likeness (QED) is 0.906. The summed E-state index contributed by atoms with van der Waals surface area (Å²) in [5.41, 5.74) is -0.623. The van der Waals surface area contributed by atoms with Crippen molar-refractivity contribution in [1.82, 2.24) is 15.2 Å². The Labute approximate surface area is 112 Å². The lowest BCUT2D eigenvalue weighted by Gasteiger charge is -2.15. The molecule has 2 rings (SSSR count). The number of hydrogen-bond donors (Lipinski definition) is 2. The highest BCUT2D eigenvalue weighted by Gasteiger charge is 2.31. The van der Waals surface area contributed by atoms with Gasteiger partial charge < -0.3 is 5.32 Å². The first-order valence-electron chi connectivity index (χ1n) is 5.65. The van der Waals surface area contributed by atoms with Crippen molar-refractivity contribution < 1.29 is 13.2 Å². The van der Waals surface area contributed by atoms with E-state index < -0.39 is 11.7 Å². The number of nitriles is 1. The van der Waals surface area contributed by atoms with Crippen LogP contribution in [0, 0.1) is 11.3 Å². The van der Waals surface area contributed by atoms with Crippen LogP contribution in [0.1, 0.15) is 29.9 Å². The van der Waals surface area contributed by atoms with Crippen LogP contribution in [-0.2, 0) is 6.18 Å². The van der Waals surface area contributed by atoms with E-state index >= 15 is 0 Å². The van der Waals surface area contributed by atoms with Gasteiger partial charge in [-0.1, -0.05) is 0 Å². The number of rotatable bonds is 3. The molecule has 1 aromatic carbocycles. The van der Waals surface area contributed by atoms with E-state index in [1.807, 2.05) is 0 Å². The molecule has 0 amide bonds. The predicted molar refractivity (Wildman–Crippen MR) is 64.6 cm³/mol. The Kier molecular flexibility index (Phi) is 3.61. The van der Waals surface area contributed by atoms with Crippen LogP contribution < -0.4 is 5.32 Å². The minimum Gasteiger partial charge on any atom is -0.374 e. The summed E-state index contributed by atoms with van der Waals surface area (Å²) >= 11 is 0. The molecule has 0 aliphatic rings. The fourth-order valence-electron chi connectivity index (χ4n) is 1.66. The van der Waals surface area contributed by atoms with E-state index in [4.69, 9.17) is 5.26 Å². The molecule has 1 atom stereocenters. The smallest absolute Gasteiger partial charge is 0.374 e. The van der Waals surface area contributed by atoms with Crippen LogP contribution in [0.25, 0.3) is 0 Å². The molecular formula is C12H10F3N5. The monoisotopic (exact) mass is 281 g/mol. The number of aromatic amines is 1. The van der Waals surface area contributed by atoms with Crippen LogP contribution in [0.15, 0.2) is 24.5 Å². The van der Waals surface area contributed by atoms with Gasteiger partial charge in [0.1, 0.15) is 18.2 Å². The van der Waals surface area contributed by atoms with E-state index in [2.05, 4.69) is 20.5 Å². The van der Waals surface area contributed by atoms with E-state index in [-0.39, 0.29) is 11.6 Å². The van der Waals surface area contributed by atoms with Gasteiger partial charge in [0.2, 0.25) is 0 Å². The number of benzene rings is 1. The second-order valence-electron chi connectivity index (χ2n) is 4.11. The first-order chi connectivity index (χ1) is 9.41. The normalized spacial score (nSPS) is 12.8. The van der Waals surface area contributed by atoms with Crippen molar-refractivity contribution in [2.45, 2.75) is 19.1 Å². The molecule has 0 fully saturated rings. The number of hydrogen-bond acceptors (Lipinski definition) is 4. The molecule has 104 valence electrons. The Hall–Kier alpha value is -2.56. The first-order valence-corrected chi connectivity index (χ1v) is 5.65. The third-order valence-electron chi connectivity index (χ3n) is 2.68. The Morgan fingerprint density at radius 2 is 2.15 bits per heavy atom. The minimum atomic E-state index is -4.47. The fraction of sp³-hybridized carbons (Fsp3) is 0.250. The second-order valence-corrected chi connectivity index (χ2v) is 4.11. The average Bonchev–Trinajstić information content (AvgIpc) is 2.91. The number of aromatic nitrogens is 3. The lowest BCUT2D eigenvalue weighted by molar-refractivity contribution is -0.137. The summed E-state index contributed by atoms with van der Waals surface area (Å²) < 4.78 is 37.7. The van der Waals surface area contributed by atoms with Gasteiger partial charge >= 0.3 is 6.18 Å². The van der Waals surface area contributed by atoms with Gasteiger partial charge in [-0.3, -0.25) is 5.10 Å². The molecule has 0 aliphatic heterocycles. The Morgan fingerprint density at radius 3 is 2.70 bits per heavy atom. The van der Waals surface area contributed by atoms with Crippen LogP contribution in [0.5, 0.6) is 0 Å².